The first-order chi connectivity index (χ1) is 9.97. The van der Waals surface area contributed by atoms with Crippen molar-refractivity contribution < 1.29 is 14.3 Å². The summed E-state index contributed by atoms with van der Waals surface area (Å²) in [7, 11) is 1.83. The average Bonchev–Trinajstić information content (AvgIpc) is 2.81. The Morgan fingerprint density at radius 3 is 2.67 bits per heavy atom. The van der Waals surface area contributed by atoms with Gasteiger partial charge in [0.2, 0.25) is 0 Å². The summed E-state index contributed by atoms with van der Waals surface area (Å²) in [6, 6.07) is 0. The molecule has 7 heteroatoms. The maximum atomic E-state index is 12.1. The normalized spacial score (nSPS) is 10.0. The molecule has 0 atom stereocenters. The molecule has 0 saturated carbocycles. The van der Waals surface area contributed by atoms with E-state index < -0.39 is 5.97 Å². The van der Waals surface area contributed by atoms with Crippen LogP contribution in [0.3, 0.4) is 0 Å². The zero-order valence-electron chi connectivity index (χ0n) is 12.6. The maximum Gasteiger partial charge on any atom is 0.343 e. The number of anilines is 2. The van der Waals surface area contributed by atoms with Gasteiger partial charge in [0.05, 0.1) is 12.3 Å². The molecule has 3 N–H and O–H groups in total. The Kier molecular flexibility index (Phi) is 6.23. The Morgan fingerprint density at radius 1 is 1.48 bits per heavy atom. The Hall–Kier alpha value is -2.02. The molecule has 1 aromatic heterocycles. The number of hydrogen-bond acceptors (Lipinski definition) is 6. The van der Waals surface area contributed by atoms with E-state index in [0.717, 1.165) is 0 Å². The Morgan fingerprint density at radius 2 is 2.14 bits per heavy atom. The predicted molar refractivity (Wildman–Crippen MR) is 86.2 cm³/mol. The smallest absolute Gasteiger partial charge is 0.343 e. The van der Waals surface area contributed by atoms with Crippen molar-refractivity contribution in [3.05, 3.63) is 23.1 Å². The first kappa shape index (κ1) is 17.0. The largest absolute Gasteiger partial charge is 0.462 e. The molecule has 0 aliphatic heterocycles. The quantitative estimate of drug-likeness (QED) is 0.593. The van der Waals surface area contributed by atoms with Gasteiger partial charge in [0, 0.05) is 20.1 Å². The molecule has 1 aromatic rings. The molecule has 1 heterocycles. The molecule has 0 unspecified atom stereocenters. The number of rotatable bonds is 7. The number of thiophene rings is 1. The molecular weight excluding hydrogens is 290 g/mol. The molecule has 0 saturated heterocycles. The van der Waals surface area contributed by atoms with Crippen molar-refractivity contribution in [2.75, 3.05) is 37.4 Å². The van der Waals surface area contributed by atoms with Gasteiger partial charge in [-0.15, -0.1) is 17.9 Å². The summed E-state index contributed by atoms with van der Waals surface area (Å²) in [5.74, 6) is -0.831. The van der Waals surface area contributed by atoms with E-state index in [1.54, 1.807) is 13.0 Å². The van der Waals surface area contributed by atoms with Crippen molar-refractivity contribution in [2.45, 2.75) is 13.8 Å². The molecule has 0 aromatic carbocycles. The first-order valence-corrected chi connectivity index (χ1v) is 7.49. The van der Waals surface area contributed by atoms with Crippen LogP contribution in [0.1, 0.15) is 33.9 Å². The first-order valence-electron chi connectivity index (χ1n) is 6.67. The SMILES string of the molecule is C=CCNC(=O)c1sc(N(C)CC)c(C(=O)OCC)c1N. The van der Waals surface area contributed by atoms with Crippen molar-refractivity contribution in [1.29, 1.82) is 0 Å². The molecule has 116 valence electrons. The number of carbonyl (C=O) groups excluding carboxylic acids is 2. The van der Waals surface area contributed by atoms with E-state index >= 15 is 0 Å². The zero-order valence-corrected chi connectivity index (χ0v) is 13.4. The average molecular weight is 311 g/mol. The van der Waals surface area contributed by atoms with E-state index in [-0.39, 0.29) is 23.8 Å². The number of nitrogens with two attached hydrogens (primary N) is 1. The summed E-state index contributed by atoms with van der Waals surface area (Å²) in [5, 5.41) is 3.30. The lowest BCUT2D eigenvalue weighted by Gasteiger charge is -2.16. The van der Waals surface area contributed by atoms with E-state index in [2.05, 4.69) is 11.9 Å². The predicted octanol–water partition coefficient (Wildman–Crippen LogP) is 1.88. The molecule has 0 radical (unpaired) electrons. The van der Waals surface area contributed by atoms with Crippen molar-refractivity contribution in [3.8, 4) is 0 Å². The number of nitrogens with zero attached hydrogens (tertiary/aromatic N) is 1. The van der Waals surface area contributed by atoms with Gasteiger partial charge in [0.1, 0.15) is 15.4 Å². The van der Waals surface area contributed by atoms with E-state index in [4.69, 9.17) is 10.5 Å². The summed E-state index contributed by atoms with van der Waals surface area (Å²) < 4.78 is 5.03. The molecule has 21 heavy (non-hydrogen) atoms. The highest BCUT2D eigenvalue weighted by atomic mass is 32.1. The zero-order chi connectivity index (χ0) is 16.0. The van der Waals surface area contributed by atoms with Gasteiger partial charge in [-0.2, -0.15) is 0 Å². The second-order valence-corrected chi connectivity index (χ2v) is 5.26. The summed E-state index contributed by atoms with van der Waals surface area (Å²) in [4.78, 5) is 26.3. The molecule has 0 aliphatic carbocycles. The fourth-order valence-electron chi connectivity index (χ4n) is 1.66. The topological polar surface area (TPSA) is 84.7 Å². The van der Waals surface area contributed by atoms with Crippen LogP contribution in [0.4, 0.5) is 10.7 Å². The summed E-state index contributed by atoms with van der Waals surface area (Å²) in [5.41, 5.74) is 6.42. The van der Waals surface area contributed by atoms with E-state index in [9.17, 15) is 9.59 Å². The number of nitrogen functional groups attached to an aromatic ring is 1. The standard InChI is InChI=1S/C14H21N3O3S/c1-5-8-16-12(18)11-10(15)9(14(19)20-7-3)13(21-11)17(4)6-2/h5H,1,6-8,15H2,2-4H3,(H,16,18). The minimum Gasteiger partial charge on any atom is -0.462 e. The minimum atomic E-state index is -0.510. The van der Waals surface area contributed by atoms with Gasteiger partial charge < -0.3 is 20.7 Å². The van der Waals surface area contributed by atoms with Gasteiger partial charge in [-0.05, 0) is 13.8 Å². The Bertz CT molecular complexity index is 540. The van der Waals surface area contributed by atoms with Gasteiger partial charge in [-0.3, -0.25) is 4.79 Å². The Labute approximate surface area is 128 Å². The number of amides is 1. The fourth-order valence-corrected chi connectivity index (χ4v) is 2.81. The molecule has 1 rings (SSSR count). The lowest BCUT2D eigenvalue weighted by molar-refractivity contribution is 0.0529. The van der Waals surface area contributed by atoms with Gasteiger partial charge >= 0.3 is 5.97 Å². The maximum absolute atomic E-state index is 12.1. The van der Waals surface area contributed by atoms with Crippen LogP contribution in [-0.2, 0) is 4.74 Å². The number of ether oxygens (including phenoxy) is 1. The highest BCUT2D eigenvalue weighted by molar-refractivity contribution is 7.19. The van der Waals surface area contributed by atoms with Crippen molar-refractivity contribution in [3.63, 3.8) is 0 Å². The van der Waals surface area contributed by atoms with Crippen LogP contribution < -0.4 is 16.0 Å². The monoisotopic (exact) mass is 311 g/mol. The summed E-state index contributed by atoms with van der Waals surface area (Å²) in [6.07, 6.45) is 1.58. The highest BCUT2D eigenvalue weighted by Crippen LogP contribution is 2.38. The van der Waals surface area contributed by atoms with Gasteiger partial charge in [0.15, 0.2) is 0 Å². The van der Waals surface area contributed by atoms with Crippen LogP contribution in [-0.4, -0.2) is 38.6 Å². The van der Waals surface area contributed by atoms with Crippen molar-refractivity contribution >= 4 is 33.9 Å². The second kappa shape index (κ2) is 7.68. The minimum absolute atomic E-state index is 0.162. The third-order valence-corrected chi connectivity index (χ3v) is 4.16. The molecule has 0 spiro atoms. The van der Waals surface area contributed by atoms with E-state index in [1.165, 1.54) is 11.3 Å². The van der Waals surface area contributed by atoms with Gasteiger partial charge in [-0.1, -0.05) is 6.08 Å². The molecule has 0 fully saturated rings. The third kappa shape index (κ3) is 3.75. The van der Waals surface area contributed by atoms with E-state index in [1.807, 2.05) is 18.9 Å². The number of carbonyl (C=O) groups is 2. The number of nitrogens with one attached hydrogen (secondary N) is 1. The molecular formula is C14H21N3O3S. The number of hydrogen-bond donors (Lipinski definition) is 2. The van der Waals surface area contributed by atoms with Gasteiger partial charge in [-0.25, -0.2) is 4.79 Å². The van der Waals surface area contributed by atoms with Crippen LogP contribution in [0.25, 0.3) is 0 Å². The highest BCUT2D eigenvalue weighted by Gasteiger charge is 2.27. The summed E-state index contributed by atoms with van der Waals surface area (Å²) >= 11 is 1.19. The van der Waals surface area contributed by atoms with Gasteiger partial charge in [0.25, 0.3) is 5.91 Å². The molecule has 6 nitrogen and oxygen atoms in total. The second-order valence-electron chi connectivity index (χ2n) is 4.26. The Balaban J connectivity index is 3.26. The fraction of sp³-hybridized carbons (Fsp3) is 0.429. The molecule has 1 amide bonds. The molecule has 0 bridgehead atoms. The summed E-state index contributed by atoms with van der Waals surface area (Å²) in [6.45, 7) is 8.48. The van der Waals surface area contributed by atoms with Crippen molar-refractivity contribution in [2.24, 2.45) is 0 Å². The van der Waals surface area contributed by atoms with Crippen LogP contribution in [0.15, 0.2) is 12.7 Å². The van der Waals surface area contributed by atoms with Crippen LogP contribution in [0, 0.1) is 0 Å². The van der Waals surface area contributed by atoms with E-state index in [0.29, 0.717) is 23.0 Å². The lowest BCUT2D eigenvalue weighted by Crippen LogP contribution is -2.23. The third-order valence-electron chi connectivity index (χ3n) is 2.84. The van der Waals surface area contributed by atoms with Crippen LogP contribution >= 0.6 is 11.3 Å². The van der Waals surface area contributed by atoms with Crippen molar-refractivity contribution in [1.82, 2.24) is 5.32 Å². The lowest BCUT2D eigenvalue weighted by atomic mass is 10.2. The van der Waals surface area contributed by atoms with Crippen LogP contribution in [0.2, 0.25) is 0 Å². The molecule has 0 aliphatic rings. The number of esters is 1. The van der Waals surface area contributed by atoms with Crippen LogP contribution in [0.5, 0.6) is 0 Å².